The zero-order valence-corrected chi connectivity index (χ0v) is 7.81. The Morgan fingerprint density at radius 3 is 2.47 bits per heavy atom. The highest BCUT2D eigenvalue weighted by Crippen LogP contribution is 2.06. The molecule has 0 unspecified atom stereocenters. The van der Waals surface area contributed by atoms with Crippen molar-refractivity contribution in [2.45, 2.75) is 0 Å². The van der Waals surface area contributed by atoms with E-state index in [0.717, 1.165) is 4.57 Å². The summed E-state index contributed by atoms with van der Waals surface area (Å²) in [5, 5.41) is 0. The summed E-state index contributed by atoms with van der Waals surface area (Å²) >= 11 is 0. The molecule has 5 nitrogen and oxygen atoms in total. The fraction of sp³-hybridized carbons (Fsp3) is 0. The van der Waals surface area contributed by atoms with Gasteiger partial charge in [0.05, 0.1) is 0 Å². The van der Waals surface area contributed by atoms with Gasteiger partial charge in [-0.1, -0.05) is 0 Å². The Hall–Kier alpha value is -2.30. The molecule has 0 fully saturated rings. The Balaban J connectivity index is 2.41. The highest BCUT2D eigenvalue weighted by molar-refractivity contribution is 5.96. The van der Waals surface area contributed by atoms with Crippen LogP contribution in [0.4, 0.5) is 5.69 Å². The van der Waals surface area contributed by atoms with E-state index in [0.29, 0.717) is 11.3 Å². The summed E-state index contributed by atoms with van der Waals surface area (Å²) < 4.78 is 1.01. The predicted molar refractivity (Wildman–Crippen MR) is 55.6 cm³/mol. The molecule has 3 N–H and O–H groups in total. The van der Waals surface area contributed by atoms with E-state index < -0.39 is 5.69 Å². The van der Waals surface area contributed by atoms with E-state index in [1.54, 1.807) is 24.3 Å². The van der Waals surface area contributed by atoms with E-state index in [-0.39, 0.29) is 5.91 Å². The van der Waals surface area contributed by atoms with Crippen molar-refractivity contribution in [3.8, 4) is 0 Å². The van der Waals surface area contributed by atoms with Crippen molar-refractivity contribution in [3.63, 3.8) is 0 Å². The van der Waals surface area contributed by atoms with Crippen molar-refractivity contribution >= 4 is 11.6 Å². The first-order valence-electron chi connectivity index (χ1n) is 4.35. The Labute approximate surface area is 85.2 Å². The highest BCUT2D eigenvalue weighted by Gasteiger charge is 2.09. The number of nitrogens with two attached hydrogens (primary N) is 1. The average molecular weight is 203 g/mol. The number of rotatable bonds is 1. The molecule has 0 aliphatic rings. The minimum absolute atomic E-state index is 0.374. The number of imidazole rings is 1. The van der Waals surface area contributed by atoms with Gasteiger partial charge in [-0.25, -0.2) is 9.36 Å². The molecular formula is C10H9N3O2. The molecule has 0 aliphatic carbocycles. The van der Waals surface area contributed by atoms with Gasteiger partial charge in [0.25, 0.3) is 5.91 Å². The van der Waals surface area contributed by atoms with E-state index >= 15 is 0 Å². The molecule has 76 valence electrons. The van der Waals surface area contributed by atoms with Crippen LogP contribution in [0, 0.1) is 0 Å². The van der Waals surface area contributed by atoms with Crippen LogP contribution in [0.3, 0.4) is 0 Å². The van der Waals surface area contributed by atoms with Crippen molar-refractivity contribution < 1.29 is 4.79 Å². The van der Waals surface area contributed by atoms with Gasteiger partial charge in [0.2, 0.25) is 0 Å². The molecule has 2 rings (SSSR count). The summed E-state index contributed by atoms with van der Waals surface area (Å²) in [7, 11) is 0. The molecule has 0 spiro atoms. The van der Waals surface area contributed by atoms with E-state index in [2.05, 4.69) is 4.98 Å². The monoisotopic (exact) mass is 203 g/mol. The number of anilines is 1. The van der Waals surface area contributed by atoms with Gasteiger partial charge in [-0.2, -0.15) is 0 Å². The lowest BCUT2D eigenvalue weighted by Crippen LogP contribution is -2.24. The van der Waals surface area contributed by atoms with Crippen molar-refractivity contribution in [2.75, 3.05) is 5.73 Å². The Bertz CT molecular complexity index is 536. The van der Waals surface area contributed by atoms with Gasteiger partial charge in [0.1, 0.15) is 0 Å². The molecule has 1 aromatic carbocycles. The van der Waals surface area contributed by atoms with Crippen molar-refractivity contribution in [1.29, 1.82) is 0 Å². The third-order valence-corrected chi connectivity index (χ3v) is 2.03. The molecule has 0 radical (unpaired) electrons. The predicted octanol–water partition coefficient (Wildman–Crippen LogP) is 0.447. The molecule has 0 amide bonds. The van der Waals surface area contributed by atoms with E-state index in [1.807, 2.05) is 0 Å². The van der Waals surface area contributed by atoms with Crippen molar-refractivity contribution in [2.24, 2.45) is 0 Å². The van der Waals surface area contributed by atoms with Crippen LogP contribution in [0.2, 0.25) is 0 Å². The minimum Gasteiger partial charge on any atom is -0.399 e. The summed E-state index contributed by atoms with van der Waals surface area (Å²) in [6.45, 7) is 0. The number of nitrogen functional groups attached to an aromatic ring is 1. The van der Waals surface area contributed by atoms with Gasteiger partial charge in [-0.05, 0) is 24.3 Å². The van der Waals surface area contributed by atoms with Crippen LogP contribution in [-0.2, 0) is 0 Å². The molecule has 0 bridgehead atoms. The summed E-state index contributed by atoms with van der Waals surface area (Å²) in [5.41, 5.74) is 6.04. The number of benzene rings is 1. The second-order valence-electron chi connectivity index (χ2n) is 3.06. The second kappa shape index (κ2) is 3.45. The first-order valence-corrected chi connectivity index (χ1v) is 4.35. The molecule has 1 aromatic heterocycles. The molecule has 5 heteroatoms. The first kappa shape index (κ1) is 9.26. The van der Waals surface area contributed by atoms with Gasteiger partial charge in [-0.3, -0.25) is 4.79 Å². The fourth-order valence-corrected chi connectivity index (χ4v) is 1.25. The number of aromatic amines is 1. The summed E-state index contributed by atoms with van der Waals surface area (Å²) in [6, 6.07) is 6.39. The van der Waals surface area contributed by atoms with E-state index in [1.165, 1.54) is 12.4 Å². The standard InChI is InChI=1S/C10H9N3O2/c11-8-3-1-7(2-4-8)9(14)13-6-5-12-10(13)15/h1-6H,11H2,(H,12,15). The Morgan fingerprint density at radius 1 is 1.27 bits per heavy atom. The van der Waals surface area contributed by atoms with Crippen LogP contribution < -0.4 is 11.4 Å². The van der Waals surface area contributed by atoms with Gasteiger partial charge >= 0.3 is 5.69 Å². The van der Waals surface area contributed by atoms with Crippen LogP contribution in [0.1, 0.15) is 10.4 Å². The molecule has 0 saturated carbocycles. The number of carbonyl (C=O) groups excluding carboxylic acids is 1. The molecule has 2 aromatic rings. The number of nitrogens with one attached hydrogen (secondary N) is 1. The van der Waals surface area contributed by atoms with Gasteiger partial charge < -0.3 is 10.7 Å². The lowest BCUT2D eigenvalue weighted by molar-refractivity contribution is 0.0956. The lowest BCUT2D eigenvalue weighted by Gasteiger charge is -2.00. The number of aromatic nitrogens is 2. The van der Waals surface area contributed by atoms with E-state index in [9.17, 15) is 9.59 Å². The average Bonchev–Trinajstić information content (AvgIpc) is 2.65. The smallest absolute Gasteiger partial charge is 0.332 e. The van der Waals surface area contributed by atoms with E-state index in [4.69, 9.17) is 5.73 Å². The maximum atomic E-state index is 11.7. The van der Waals surface area contributed by atoms with Crippen LogP contribution >= 0.6 is 0 Å². The molecule has 0 saturated heterocycles. The number of hydrogen-bond donors (Lipinski definition) is 2. The van der Waals surface area contributed by atoms with Crippen LogP contribution in [0.5, 0.6) is 0 Å². The SMILES string of the molecule is Nc1ccc(C(=O)n2cc[nH]c2=O)cc1. The largest absolute Gasteiger partial charge is 0.399 e. The normalized spacial score (nSPS) is 10.1. The van der Waals surface area contributed by atoms with Gasteiger partial charge in [-0.15, -0.1) is 0 Å². The summed E-state index contributed by atoms with van der Waals surface area (Å²) in [6.07, 6.45) is 2.80. The van der Waals surface area contributed by atoms with Gasteiger partial charge in [0.15, 0.2) is 0 Å². The third-order valence-electron chi connectivity index (χ3n) is 2.03. The maximum Gasteiger partial charge on any atom is 0.332 e. The Morgan fingerprint density at radius 2 is 1.93 bits per heavy atom. The Kier molecular flexibility index (Phi) is 2.13. The summed E-state index contributed by atoms with van der Waals surface area (Å²) in [5.74, 6) is -0.374. The minimum atomic E-state index is -0.447. The first-order chi connectivity index (χ1) is 7.18. The van der Waals surface area contributed by atoms with Crippen molar-refractivity contribution in [3.05, 3.63) is 52.7 Å². The third kappa shape index (κ3) is 1.67. The molecule has 15 heavy (non-hydrogen) atoms. The van der Waals surface area contributed by atoms with Crippen molar-refractivity contribution in [1.82, 2.24) is 9.55 Å². The zero-order chi connectivity index (χ0) is 10.8. The summed E-state index contributed by atoms with van der Waals surface area (Å²) in [4.78, 5) is 25.3. The number of carbonyl (C=O) groups is 1. The highest BCUT2D eigenvalue weighted by atomic mass is 16.2. The molecule has 1 heterocycles. The second-order valence-corrected chi connectivity index (χ2v) is 3.06. The number of H-pyrrole nitrogens is 1. The fourth-order valence-electron chi connectivity index (χ4n) is 1.25. The maximum absolute atomic E-state index is 11.7. The van der Waals surface area contributed by atoms with Crippen LogP contribution in [0.15, 0.2) is 41.5 Å². The molecule has 0 atom stereocenters. The van der Waals surface area contributed by atoms with Gasteiger partial charge in [0, 0.05) is 23.6 Å². The number of nitrogens with zero attached hydrogens (tertiary/aromatic N) is 1. The quantitative estimate of drug-likeness (QED) is 0.660. The molecular weight excluding hydrogens is 194 g/mol. The van der Waals surface area contributed by atoms with Crippen LogP contribution in [0.25, 0.3) is 0 Å². The lowest BCUT2D eigenvalue weighted by atomic mass is 10.2. The topological polar surface area (TPSA) is 80.9 Å². The number of hydrogen-bond acceptors (Lipinski definition) is 3. The zero-order valence-electron chi connectivity index (χ0n) is 7.81. The molecule has 0 aliphatic heterocycles. The van der Waals surface area contributed by atoms with Crippen LogP contribution in [-0.4, -0.2) is 15.5 Å².